The van der Waals surface area contributed by atoms with Gasteiger partial charge in [0.25, 0.3) is 0 Å². The molecule has 57 heavy (non-hydrogen) atoms. The van der Waals surface area contributed by atoms with Crippen LogP contribution in [0.1, 0.15) is 18.4 Å². The smallest absolute Gasteiger partial charge is 0.136 e. The van der Waals surface area contributed by atoms with E-state index >= 15 is 0 Å². The molecule has 0 spiro atoms. The third-order valence-corrected chi connectivity index (χ3v) is 11.6. The molecule has 2 heterocycles. The van der Waals surface area contributed by atoms with Crippen LogP contribution in [-0.2, 0) is 0 Å². The SMILES string of the molecule is C1=C(c2ccccc2-n2c3ccccc3c3ccccc32)CCC(N(c2ccc(-c3ccccc3)cc2)c2ccc(-c3cccc4oc5ccccc5c34)cc2)=C1. The van der Waals surface area contributed by atoms with Crippen molar-refractivity contribution in [3.8, 4) is 27.9 Å². The standard InChI is InChI=1S/C54H38N2O/c1-2-13-37(14-3-1)38-25-31-41(32-26-38)55(43-35-29-40(30-36-43)45-19-12-24-53-54(45)48-18-7-11-23-52(48)57-53)42-33-27-39(28-34-42)44-15-4-8-20-49(44)56-50-21-9-5-16-46(50)47-17-6-10-22-51(47)56/h1-27,29-33,35-36H,28,34H2. The first kappa shape index (κ1) is 33.0. The summed E-state index contributed by atoms with van der Waals surface area (Å²) in [6.07, 6.45) is 6.50. The fraction of sp³-hybridized carbons (Fsp3) is 0.0370. The maximum absolute atomic E-state index is 6.24. The van der Waals surface area contributed by atoms with E-state index in [9.17, 15) is 0 Å². The quantitative estimate of drug-likeness (QED) is 0.163. The lowest BCUT2D eigenvalue weighted by Gasteiger charge is -2.30. The fourth-order valence-corrected chi connectivity index (χ4v) is 8.88. The Bertz CT molecular complexity index is 3110. The van der Waals surface area contributed by atoms with E-state index in [0.717, 1.165) is 51.7 Å². The van der Waals surface area contributed by atoms with Crippen LogP contribution in [0.25, 0.3) is 77.3 Å². The Kier molecular flexibility index (Phi) is 7.96. The summed E-state index contributed by atoms with van der Waals surface area (Å²) in [5.41, 5.74) is 16.4. The summed E-state index contributed by atoms with van der Waals surface area (Å²) in [6, 6.07) is 69.7. The predicted octanol–water partition coefficient (Wildman–Crippen LogP) is 14.9. The summed E-state index contributed by atoms with van der Waals surface area (Å²) in [5.74, 6) is 0. The van der Waals surface area contributed by atoms with Crippen molar-refractivity contribution in [2.75, 3.05) is 4.90 Å². The average Bonchev–Trinajstić information content (AvgIpc) is 3.84. The minimum atomic E-state index is 0.899. The van der Waals surface area contributed by atoms with Crippen molar-refractivity contribution in [1.29, 1.82) is 0 Å². The van der Waals surface area contributed by atoms with Crippen LogP contribution in [-0.4, -0.2) is 4.57 Å². The largest absolute Gasteiger partial charge is 0.456 e. The van der Waals surface area contributed by atoms with Gasteiger partial charge in [0.2, 0.25) is 0 Å². The maximum Gasteiger partial charge on any atom is 0.136 e. The van der Waals surface area contributed by atoms with E-state index < -0.39 is 0 Å². The van der Waals surface area contributed by atoms with Gasteiger partial charge in [0.1, 0.15) is 11.2 Å². The molecular formula is C54H38N2O. The third kappa shape index (κ3) is 5.67. The monoisotopic (exact) mass is 730 g/mol. The van der Waals surface area contributed by atoms with Crippen LogP contribution in [0.2, 0.25) is 0 Å². The summed E-state index contributed by atoms with van der Waals surface area (Å²) in [6.45, 7) is 0. The number of allylic oxidation sites excluding steroid dienone is 4. The van der Waals surface area contributed by atoms with Gasteiger partial charge in [-0.05, 0) is 101 Å². The molecule has 3 heteroatoms. The number of benzene rings is 8. The number of para-hydroxylation sites is 4. The first-order valence-corrected chi connectivity index (χ1v) is 19.7. The van der Waals surface area contributed by atoms with Crippen molar-refractivity contribution in [1.82, 2.24) is 4.57 Å². The molecule has 3 nitrogen and oxygen atoms in total. The first-order chi connectivity index (χ1) is 28.3. The molecule has 11 rings (SSSR count). The van der Waals surface area contributed by atoms with E-state index in [0.29, 0.717) is 0 Å². The summed E-state index contributed by atoms with van der Waals surface area (Å²) in [4.78, 5) is 2.43. The normalized spacial score (nSPS) is 13.0. The van der Waals surface area contributed by atoms with Gasteiger partial charge in [-0.1, -0.05) is 146 Å². The molecule has 1 aliphatic rings. The molecule has 270 valence electrons. The molecule has 0 unspecified atom stereocenters. The van der Waals surface area contributed by atoms with Crippen molar-refractivity contribution >= 4 is 60.7 Å². The van der Waals surface area contributed by atoms with Crippen LogP contribution in [0.3, 0.4) is 0 Å². The Labute approximate surface area is 331 Å². The van der Waals surface area contributed by atoms with Crippen LogP contribution in [0.4, 0.5) is 11.4 Å². The molecular weight excluding hydrogens is 693 g/mol. The van der Waals surface area contributed by atoms with Crippen molar-refractivity contribution in [3.63, 3.8) is 0 Å². The molecule has 1 aliphatic carbocycles. The average molecular weight is 731 g/mol. The zero-order valence-corrected chi connectivity index (χ0v) is 31.3. The van der Waals surface area contributed by atoms with Crippen molar-refractivity contribution < 1.29 is 4.42 Å². The number of anilines is 2. The number of furan rings is 1. The van der Waals surface area contributed by atoms with Gasteiger partial charge in [-0.25, -0.2) is 0 Å². The minimum Gasteiger partial charge on any atom is -0.456 e. The number of fused-ring (bicyclic) bond motifs is 6. The van der Waals surface area contributed by atoms with Crippen molar-refractivity contribution in [2.24, 2.45) is 0 Å². The second kappa shape index (κ2) is 13.7. The lowest BCUT2D eigenvalue weighted by Crippen LogP contribution is -2.18. The van der Waals surface area contributed by atoms with Gasteiger partial charge in [-0.15, -0.1) is 0 Å². The van der Waals surface area contributed by atoms with Gasteiger partial charge in [-0.2, -0.15) is 0 Å². The Hall–Kier alpha value is -7.36. The number of aromatic nitrogens is 1. The van der Waals surface area contributed by atoms with Gasteiger partial charge < -0.3 is 13.9 Å². The van der Waals surface area contributed by atoms with E-state index in [1.165, 1.54) is 61.0 Å². The zero-order valence-electron chi connectivity index (χ0n) is 31.3. The zero-order chi connectivity index (χ0) is 37.7. The summed E-state index contributed by atoms with van der Waals surface area (Å²) in [7, 11) is 0. The molecule has 0 saturated heterocycles. The van der Waals surface area contributed by atoms with Crippen molar-refractivity contribution in [3.05, 3.63) is 218 Å². The van der Waals surface area contributed by atoms with Gasteiger partial charge in [0.05, 0.1) is 16.7 Å². The molecule has 0 aliphatic heterocycles. The van der Waals surface area contributed by atoms with Gasteiger partial charge >= 0.3 is 0 Å². The lowest BCUT2D eigenvalue weighted by atomic mass is 9.93. The third-order valence-electron chi connectivity index (χ3n) is 11.6. The lowest BCUT2D eigenvalue weighted by molar-refractivity contribution is 0.669. The van der Waals surface area contributed by atoms with Gasteiger partial charge in [0.15, 0.2) is 0 Å². The highest BCUT2D eigenvalue weighted by atomic mass is 16.3. The molecule has 0 atom stereocenters. The first-order valence-electron chi connectivity index (χ1n) is 19.7. The van der Waals surface area contributed by atoms with Crippen LogP contribution in [0.5, 0.6) is 0 Å². The Morgan fingerprint density at radius 3 is 1.67 bits per heavy atom. The number of hydrogen-bond acceptors (Lipinski definition) is 2. The molecule has 0 bridgehead atoms. The highest BCUT2D eigenvalue weighted by Gasteiger charge is 2.22. The van der Waals surface area contributed by atoms with Crippen LogP contribution >= 0.6 is 0 Å². The van der Waals surface area contributed by atoms with Gasteiger partial charge in [0, 0.05) is 44.2 Å². The summed E-state index contributed by atoms with van der Waals surface area (Å²) >= 11 is 0. The van der Waals surface area contributed by atoms with E-state index in [-0.39, 0.29) is 0 Å². The highest BCUT2D eigenvalue weighted by molar-refractivity contribution is 6.12. The Balaban J connectivity index is 1.00. The summed E-state index contributed by atoms with van der Waals surface area (Å²) in [5, 5.41) is 4.85. The molecule has 0 amide bonds. The second-order valence-electron chi connectivity index (χ2n) is 14.8. The van der Waals surface area contributed by atoms with Gasteiger partial charge in [-0.3, -0.25) is 0 Å². The topological polar surface area (TPSA) is 21.3 Å². The van der Waals surface area contributed by atoms with Crippen LogP contribution in [0.15, 0.2) is 216 Å². The fourth-order valence-electron chi connectivity index (χ4n) is 8.88. The number of nitrogens with zero attached hydrogens (tertiary/aromatic N) is 2. The van der Waals surface area contributed by atoms with Crippen LogP contribution in [0, 0.1) is 0 Å². The van der Waals surface area contributed by atoms with E-state index in [2.05, 4.69) is 204 Å². The number of rotatable bonds is 7. The predicted molar refractivity (Wildman–Crippen MR) is 239 cm³/mol. The van der Waals surface area contributed by atoms with Crippen LogP contribution < -0.4 is 4.90 Å². The molecule has 10 aromatic rings. The molecule has 0 fully saturated rings. The molecule has 0 saturated carbocycles. The highest BCUT2D eigenvalue weighted by Crippen LogP contribution is 2.42. The number of hydrogen-bond donors (Lipinski definition) is 0. The second-order valence-corrected chi connectivity index (χ2v) is 14.8. The Morgan fingerprint density at radius 1 is 0.404 bits per heavy atom. The molecule has 0 N–H and O–H groups in total. The maximum atomic E-state index is 6.24. The van der Waals surface area contributed by atoms with Crippen molar-refractivity contribution in [2.45, 2.75) is 12.8 Å². The molecule has 2 aromatic heterocycles. The summed E-state index contributed by atoms with van der Waals surface area (Å²) < 4.78 is 8.68. The molecule has 0 radical (unpaired) electrons. The van der Waals surface area contributed by atoms with E-state index in [4.69, 9.17) is 4.42 Å². The van der Waals surface area contributed by atoms with E-state index in [1.54, 1.807) is 0 Å². The van der Waals surface area contributed by atoms with E-state index in [1.807, 2.05) is 12.1 Å². The Morgan fingerprint density at radius 2 is 0.965 bits per heavy atom. The molecule has 8 aromatic carbocycles. The minimum absolute atomic E-state index is 0.899.